The fourth-order valence-electron chi connectivity index (χ4n) is 5.18. The third-order valence-corrected chi connectivity index (χ3v) is 9.12. The molecule has 6 rings (SSSR count). The van der Waals surface area contributed by atoms with E-state index in [9.17, 15) is 46.1 Å². The lowest BCUT2D eigenvalue weighted by Crippen LogP contribution is -2.54. The Morgan fingerprint density at radius 3 is 1.37 bits per heavy atom. The number of carbonyl (C=O) groups excluding carboxylic acids is 2. The maximum absolute atomic E-state index is 14.7. The first-order chi connectivity index (χ1) is 24.2. The van der Waals surface area contributed by atoms with Crippen molar-refractivity contribution in [2.75, 3.05) is 22.1 Å². The lowest BCUT2D eigenvalue weighted by Gasteiger charge is -2.38. The molecule has 2 heterocycles. The van der Waals surface area contributed by atoms with E-state index in [1.54, 1.807) is 48.5 Å². The summed E-state index contributed by atoms with van der Waals surface area (Å²) in [4.78, 5) is 33.4. The second-order valence-corrected chi connectivity index (χ2v) is 12.6. The predicted molar refractivity (Wildman–Crippen MR) is 176 cm³/mol. The number of nitrogens with one attached hydrogen (secondary N) is 2. The number of alkyl halides is 6. The van der Waals surface area contributed by atoms with Crippen LogP contribution in [0.3, 0.4) is 0 Å². The first kappa shape index (κ1) is 35.5. The molecule has 0 radical (unpaired) electrons. The van der Waals surface area contributed by atoms with Crippen LogP contribution in [0.15, 0.2) is 104 Å². The van der Waals surface area contributed by atoms with Gasteiger partial charge in [0.25, 0.3) is 10.4 Å². The summed E-state index contributed by atoms with van der Waals surface area (Å²) in [7, 11) is 0. The van der Waals surface area contributed by atoms with E-state index in [-0.39, 0.29) is 34.1 Å². The molecule has 51 heavy (non-hydrogen) atoms. The number of aromatic nitrogens is 2. The molecule has 6 aromatic rings. The Balaban J connectivity index is 1.20. The quantitative estimate of drug-likeness (QED) is 0.0613. The van der Waals surface area contributed by atoms with Crippen molar-refractivity contribution < 1.29 is 55.0 Å². The number of oxazole rings is 2. The number of benzene rings is 4. The van der Waals surface area contributed by atoms with Crippen LogP contribution in [0.1, 0.15) is 11.1 Å². The van der Waals surface area contributed by atoms with Gasteiger partial charge in [0.2, 0.25) is 17.2 Å². The number of rotatable bonds is 10. The van der Waals surface area contributed by atoms with Crippen molar-refractivity contribution in [1.82, 2.24) is 9.97 Å². The second-order valence-electron chi connectivity index (χ2n) is 10.8. The molecule has 18 heteroatoms. The molecule has 0 spiro atoms. The van der Waals surface area contributed by atoms with Crippen molar-refractivity contribution in [2.24, 2.45) is 0 Å². The molecular weight excluding hydrogens is 727 g/mol. The molecule has 0 saturated carbocycles. The number of thioether (sulfide) groups is 2. The fraction of sp³-hybridized carbons (Fsp3) is 0.152. The summed E-state index contributed by atoms with van der Waals surface area (Å²) in [6.45, 7) is 0. The van der Waals surface area contributed by atoms with E-state index in [2.05, 4.69) is 20.6 Å². The summed E-state index contributed by atoms with van der Waals surface area (Å²) in [5, 5.41) is 25.8. The van der Waals surface area contributed by atoms with Gasteiger partial charge in [-0.3, -0.25) is 9.59 Å². The van der Waals surface area contributed by atoms with E-state index in [0.717, 1.165) is 23.5 Å². The monoisotopic (exact) mass is 748 g/mol. The maximum Gasteiger partial charge on any atom is 0.411 e. The Labute approximate surface area is 291 Å². The van der Waals surface area contributed by atoms with Gasteiger partial charge >= 0.3 is 12.4 Å². The first-order valence-corrected chi connectivity index (χ1v) is 16.5. The smallest absolute Gasteiger partial charge is 0.411 e. The molecule has 2 aromatic heterocycles. The lowest BCUT2D eigenvalue weighted by molar-refractivity contribution is -0.288. The van der Waals surface area contributed by atoms with E-state index in [1.807, 2.05) is 0 Å². The molecule has 0 aliphatic heterocycles. The zero-order valence-corrected chi connectivity index (χ0v) is 27.1. The van der Waals surface area contributed by atoms with Crippen LogP contribution in [0.4, 0.5) is 37.7 Å². The van der Waals surface area contributed by atoms with Crippen LogP contribution < -0.4 is 10.6 Å². The number of carbonyl (C=O) groups is 2. The Morgan fingerprint density at radius 2 is 1.02 bits per heavy atom. The summed E-state index contributed by atoms with van der Waals surface area (Å²) >= 11 is 1.74. The molecule has 0 bridgehead atoms. The number of halogens is 6. The maximum atomic E-state index is 14.7. The van der Waals surface area contributed by atoms with Gasteiger partial charge in [-0.05, 0) is 59.7 Å². The number of phenols is 2. The molecule has 4 aromatic carbocycles. The highest BCUT2D eigenvalue weighted by molar-refractivity contribution is 8.00. The lowest BCUT2D eigenvalue weighted by atomic mass is 9.72. The minimum Gasteiger partial charge on any atom is -0.506 e. The number of phenolic OH excluding ortho intramolecular Hbond substituents is 2. The third kappa shape index (κ3) is 7.14. The topological polar surface area (TPSA) is 151 Å². The van der Waals surface area contributed by atoms with Crippen LogP contribution in [0.2, 0.25) is 0 Å². The van der Waals surface area contributed by atoms with Crippen LogP contribution >= 0.6 is 23.5 Å². The van der Waals surface area contributed by atoms with Crippen molar-refractivity contribution in [3.05, 3.63) is 96.1 Å². The van der Waals surface area contributed by atoms with Gasteiger partial charge in [-0.15, -0.1) is 0 Å². The van der Waals surface area contributed by atoms with E-state index < -0.39 is 63.6 Å². The SMILES string of the molecule is O=C(CSc1nc2ccccc2o1)Nc1ccc(C(c2ccc(NC(=O)CSc3nc4ccccc4o3)c(O)c2)(C(F)(F)F)C(F)(F)F)cc1O. The standard InChI is InChI=1S/C33H22F6N4O6S2/c34-32(35,36)31(33(37,38)39,17-9-11-19(23(44)13-17)40-27(46)15-50-29-42-21-5-1-3-7-25(21)48-29)18-10-12-20(24(45)14-18)41-28(47)16-51-30-43-22-6-2-4-8-26(22)49-30/h1-14,44-45H,15-16H2,(H,40,46)(H,41,47). The molecule has 264 valence electrons. The zero-order valence-electron chi connectivity index (χ0n) is 25.5. The van der Waals surface area contributed by atoms with E-state index in [0.29, 0.717) is 46.5 Å². The molecule has 4 N–H and O–H groups in total. The highest BCUT2D eigenvalue weighted by Crippen LogP contribution is 2.57. The first-order valence-electron chi connectivity index (χ1n) is 14.5. The molecule has 0 aliphatic rings. The van der Waals surface area contributed by atoms with Crippen LogP contribution in [0, 0.1) is 0 Å². The van der Waals surface area contributed by atoms with Gasteiger partial charge in [-0.1, -0.05) is 59.9 Å². The summed E-state index contributed by atoms with van der Waals surface area (Å²) in [6.07, 6.45) is -12.1. The largest absolute Gasteiger partial charge is 0.506 e. The summed E-state index contributed by atoms with van der Waals surface area (Å²) in [5.74, 6) is -4.34. The van der Waals surface area contributed by atoms with Gasteiger partial charge in [0, 0.05) is 0 Å². The number of anilines is 2. The zero-order chi connectivity index (χ0) is 36.6. The summed E-state index contributed by atoms with van der Waals surface area (Å²) in [6, 6.07) is 16.4. The Bertz CT molecular complexity index is 2030. The van der Waals surface area contributed by atoms with Crippen LogP contribution in [0.5, 0.6) is 11.5 Å². The minimum atomic E-state index is -6.06. The van der Waals surface area contributed by atoms with E-state index in [4.69, 9.17) is 8.83 Å². The number of fused-ring (bicyclic) bond motifs is 2. The number of aromatic hydroxyl groups is 2. The van der Waals surface area contributed by atoms with Crippen LogP contribution in [-0.4, -0.2) is 55.9 Å². The van der Waals surface area contributed by atoms with Gasteiger partial charge < -0.3 is 29.7 Å². The van der Waals surface area contributed by atoms with E-state index >= 15 is 0 Å². The number of amides is 2. The molecular formula is C33H22F6N4O6S2. The average molecular weight is 749 g/mol. The Morgan fingerprint density at radius 1 is 0.627 bits per heavy atom. The molecule has 10 nitrogen and oxygen atoms in total. The Hall–Kier alpha value is -5.36. The normalized spacial score (nSPS) is 12.4. The Kier molecular flexibility index (Phi) is 9.56. The van der Waals surface area contributed by atoms with Crippen molar-refractivity contribution in [3.8, 4) is 11.5 Å². The van der Waals surface area contributed by atoms with Crippen molar-refractivity contribution in [2.45, 2.75) is 28.2 Å². The molecule has 0 atom stereocenters. The summed E-state index contributed by atoms with van der Waals surface area (Å²) in [5.41, 5.74) is -6.59. The number of hydrogen-bond acceptors (Lipinski definition) is 10. The van der Waals surface area contributed by atoms with E-state index in [1.165, 1.54) is 0 Å². The fourth-order valence-corrected chi connectivity index (χ4v) is 6.45. The van der Waals surface area contributed by atoms with Crippen LogP contribution in [0.25, 0.3) is 22.2 Å². The van der Waals surface area contributed by atoms with Gasteiger partial charge in [-0.25, -0.2) is 9.97 Å². The van der Waals surface area contributed by atoms with Crippen molar-refractivity contribution in [1.29, 1.82) is 0 Å². The highest BCUT2D eigenvalue weighted by atomic mass is 32.2. The number of hydrogen-bond donors (Lipinski definition) is 4. The second kappa shape index (κ2) is 13.7. The summed E-state index contributed by atoms with van der Waals surface area (Å²) < 4.78 is 99.5. The number of para-hydroxylation sites is 4. The predicted octanol–water partition coefficient (Wildman–Crippen LogP) is 8.25. The molecule has 0 saturated heterocycles. The molecule has 0 fully saturated rings. The van der Waals surface area contributed by atoms with Crippen LogP contribution in [-0.2, 0) is 15.0 Å². The van der Waals surface area contributed by atoms with Gasteiger partial charge in [-0.2, -0.15) is 26.3 Å². The van der Waals surface area contributed by atoms with Crippen molar-refractivity contribution in [3.63, 3.8) is 0 Å². The number of nitrogens with zero attached hydrogens (tertiary/aromatic N) is 2. The third-order valence-electron chi connectivity index (χ3n) is 7.46. The van der Waals surface area contributed by atoms with Crippen molar-refractivity contribution >= 4 is 68.9 Å². The molecule has 0 aliphatic carbocycles. The van der Waals surface area contributed by atoms with Gasteiger partial charge in [0.15, 0.2) is 11.2 Å². The van der Waals surface area contributed by atoms with Gasteiger partial charge in [0.1, 0.15) is 22.5 Å². The van der Waals surface area contributed by atoms with Gasteiger partial charge in [0.05, 0.1) is 22.9 Å². The average Bonchev–Trinajstić information content (AvgIpc) is 3.68. The molecule has 2 amide bonds. The molecule has 0 unspecified atom stereocenters. The highest BCUT2D eigenvalue weighted by Gasteiger charge is 2.72. The minimum absolute atomic E-state index is 0.138.